The van der Waals surface area contributed by atoms with Gasteiger partial charge in [-0.2, -0.15) is 4.99 Å². The maximum absolute atomic E-state index is 6.88. The molecule has 2 aliphatic carbocycles. The number of rotatable bonds is 8. The van der Waals surface area contributed by atoms with Crippen LogP contribution in [-0.2, 0) is 11.8 Å². The van der Waals surface area contributed by atoms with Crippen molar-refractivity contribution >= 4 is 28.8 Å². The molecule has 2 aromatic heterocycles. The molecule has 2 aliphatic rings. The topological polar surface area (TPSA) is 68.6 Å². The van der Waals surface area contributed by atoms with Crippen LogP contribution in [0.4, 0.5) is 0 Å². The Morgan fingerprint density at radius 3 is 1.88 bits per heavy atom. The third-order valence-electron chi connectivity index (χ3n) is 14.1. The summed E-state index contributed by atoms with van der Waals surface area (Å²) in [5.41, 5.74) is 24.7. The average molecular weight is 888 g/mol. The Balaban J connectivity index is 1.02. The highest BCUT2D eigenvalue weighted by Gasteiger charge is 2.45. The van der Waals surface area contributed by atoms with E-state index < -0.39 is 5.41 Å². The van der Waals surface area contributed by atoms with Gasteiger partial charge in [0.25, 0.3) is 0 Å². The van der Waals surface area contributed by atoms with Crippen molar-refractivity contribution in [1.29, 1.82) is 0 Å². The average Bonchev–Trinajstić information content (AvgIpc) is 3.92. The van der Waals surface area contributed by atoms with E-state index >= 15 is 0 Å². The van der Waals surface area contributed by atoms with Crippen molar-refractivity contribution in [3.05, 3.63) is 287 Å². The summed E-state index contributed by atoms with van der Waals surface area (Å²) in [6.45, 7) is 2.12. The highest BCUT2D eigenvalue weighted by molar-refractivity contribution is 6.09. The molecule has 12 rings (SSSR count). The highest BCUT2D eigenvalue weighted by Crippen LogP contribution is 2.56. The molecule has 8 aromatic carbocycles. The standard InChI is InChI=1S/C64H49N5/c1-43(44-19-6-2-7-20-44)66-63(68-62(65)47-23-10-4-11-24-47)69-60-39-35-48(41-54(60)55-42-49(36-40-61(55)69)59-32-18-31-58(67-59)46-21-8-3-9-22-46)45-33-37-51(38-34-45)64(50-25-12-5-13-26-50)56-29-16-14-27-52(56)53-28-15-17-30-57(53)64/h2-41,43,49H,42H2,1H3,(H2,65,66,68). The monoisotopic (exact) mass is 887 g/mol. The summed E-state index contributed by atoms with van der Waals surface area (Å²) in [4.78, 5) is 15.8. The van der Waals surface area contributed by atoms with Crippen molar-refractivity contribution in [3.63, 3.8) is 0 Å². The van der Waals surface area contributed by atoms with Gasteiger partial charge in [0.05, 0.1) is 28.4 Å². The second-order valence-corrected chi connectivity index (χ2v) is 18.1. The molecule has 5 heteroatoms. The van der Waals surface area contributed by atoms with Gasteiger partial charge in [-0.05, 0) is 99.3 Å². The molecule has 0 saturated carbocycles. The van der Waals surface area contributed by atoms with E-state index in [1.165, 1.54) is 38.9 Å². The van der Waals surface area contributed by atoms with Gasteiger partial charge in [0.15, 0.2) is 0 Å². The van der Waals surface area contributed by atoms with E-state index in [1.54, 1.807) is 0 Å². The Kier molecular flexibility index (Phi) is 10.6. The van der Waals surface area contributed by atoms with Gasteiger partial charge in [0.2, 0.25) is 5.96 Å². The molecule has 0 fully saturated rings. The minimum Gasteiger partial charge on any atom is -0.383 e. The number of nitrogens with zero attached hydrogens (tertiary/aromatic N) is 4. The lowest BCUT2D eigenvalue weighted by molar-refractivity contribution is 0.768. The normalized spacial score (nSPS) is 15.3. The van der Waals surface area contributed by atoms with Crippen molar-refractivity contribution in [2.45, 2.75) is 30.7 Å². The SMILES string of the molecule is CC(N=C(N=C(N)c1ccccc1)n1c2c(c3cc(-c4ccc(C5(c6ccccc6)c6ccccc6-c6ccccc65)cc4)ccc31)CC(c1cccc(-c3ccccc3)n1)C=C2)c1ccccc1. The Morgan fingerprint density at radius 1 is 0.594 bits per heavy atom. The molecule has 0 amide bonds. The van der Waals surface area contributed by atoms with Gasteiger partial charge >= 0.3 is 0 Å². The van der Waals surface area contributed by atoms with E-state index in [4.69, 9.17) is 20.7 Å². The molecule has 69 heavy (non-hydrogen) atoms. The Morgan fingerprint density at radius 2 is 1.19 bits per heavy atom. The van der Waals surface area contributed by atoms with Crippen LogP contribution in [-0.4, -0.2) is 21.3 Å². The molecular weight excluding hydrogens is 839 g/mol. The van der Waals surface area contributed by atoms with E-state index in [0.29, 0.717) is 11.8 Å². The second-order valence-electron chi connectivity index (χ2n) is 18.1. The molecule has 0 spiro atoms. The van der Waals surface area contributed by atoms with E-state index in [9.17, 15) is 0 Å². The van der Waals surface area contributed by atoms with Gasteiger partial charge in [0.1, 0.15) is 5.84 Å². The smallest absolute Gasteiger partial charge is 0.232 e. The number of pyridine rings is 1. The Hall–Kier alpha value is -8.67. The van der Waals surface area contributed by atoms with Gasteiger partial charge < -0.3 is 5.73 Å². The fourth-order valence-electron chi connectivity index (χ4n) is 10.8. The largest absolute Gasteiger partial charge is 0.383 e. The first-order valence-corrected chi connectivity index (χ1v) is 23.8. The summed E-state index contributed by atoms with van der Waals surface area (Å²) in [6.07, 6.45) is 5.28. The predicted molar refractivity (Wildman–Crippen MR) is 285 cm³/mol. The first-order chi connectivity index (χ1) is 34.0. The van der Waals surface area contributed by atoms with E-state index in [1.807, 2.05) is 42.5 Å². The van der Waals surface area contributed by atoms with Crippen molar-refractivity contribution in [1.82, 2.24) is 9.55 Å². The molecule has 0 saturated heterocycles. The number of allylic oxidation sites excluding steroid dienone is 1. The molecule has 5 nitrogen and oxygen atoms in total. The number of nitrogens with two attached hydrogens (primary N) is 1. The van der Waals surface area contributed by atoms with Crippen molar-refractivity contribution in [2.24, 2.45) is 15.7 Å². The molecule has 330 valence electrons. The van der Waals surface area contributed by atoms with E-state index in [2.05, 4.69) is 212 Å². The molecule has 2 heterocycles. The number of aromatic nitrogens is 2. The van der Waals surface area contributed by atoms with Crippen molar-refractivity contribution in [2.75, 3.05) is 0 Å². The summed E-state index contributed by atoms with van der Waals surface area (Å²) in [6, 6.07) is 81.8. The van der Waals surface area contributed by atoms with Crippen LogP contribution in [0.3, 0.4) is 0 Å². The minimum absolute atomic E-state index is 0.0519. The zero-order chi connectivity index (χ0) is 46.3. The van der Waals surface area contributed by atoms with Gasteiger partial charge in [-0.15, -0.1) is 0 Å². The lowest BCUT2D eigenvalue weighted by Crippen LogP contribution is -2.28. The summed E-state index contributed by atoms with van der Waals surface area (Å²) in [5, 5.41) is 1.15. The first kappa shape index (κ1) is 41.7. The van der Waals surface area contributed by atoms with E-state index in [-0.39, 0.29) is 12.0 Å². The van der Waals surface area contributed by atoms with E-state index in [0.717, 1.165) is 62.2 Å². The lowest BCUT2D eigenvalue weighted by atomic mass is 9.67. The van der Waals surface area contributed by atoms with Gasteiger partial charge in [-0.3, -0.25) is 9.55 Å². The summed E-state index contributed by atoms with van der Waals surface area (Å²) < 4.78 is 2.21. The van der Waals surface area contributed by atoms with Crippen LogP contribution in [0.25, 0.3) is 50.5 Å². The quantitative estimate of drug-likeness (QED) is 0.122. The summed E-state index contributed by atoms with van der Waals surface area (Å²) in [7, 11) is 0. The van der Waals surface area contributed by atoms with Crippen LogP contribution in [0, 0.1) is 0 Å². The van der Waals surface area contributed by atoms with Crippen molar-refractivity contribution in [3.8, 4) is 33.5 Å². The number of benzene rings is 8. The maximum Gasteiger partial charge on any atom is 0.232 e. The fourth-order valence-corrected chi connectivity index (χ4v) is 10.8. The molecule has 0 aliphatic heterocycles. The summed E-state index contributed by atoms with van der Waals surface area (Å²) >= 11 is 0. The lowest BCUT2D eigenvalue weighted by Gasteiger charge is -2.34. The number of amidine groups is 1. The first-order valence-electron chi connectivity index (χ1n) is 23.8. The molecule has 2 unspecified atom stereocenters. The van der Waals surface area contributed by atoms with Crippen molar-refractivity contribution < 1.29 is 0 Å². The third kappa shape index (κ3) is 7.31. The number of hydrogen-bond donors (Lipinski definition) is 1. The molecule has 10 aromatic rings. The molecular formula is C64H49N5. The Bertz CT molecular complexity index is 3540. The second kappa shape index (κ2) is 17.5. The van der Waals surface area contributed by atoms with Crippen LogP contribution < -0.4 is 5.73 Å². The van der Waals surface area contributed by atoms with Gasteiger partial charge in [-0.1, -0.05) is 212 Å². The van der Waals surface area contributed by atoms with Crippen LogP contribution in [0.15, 0.2) is 247 Å². The van der Waals surface area contributed by atoms with Gasteiger partial charge in [-0.25, -0.2) is 4.99 Å². The molecule has 0 radical (unpaired) electrons. The minimum atomic E-state index is -0.463. The van der Waals surface area contributed by atoms with Crippen LogP contribution >= 0.6 is 0 Å². The molecule has 2 atom stereocenters. The van der Waals surface area contributed by atoms with Gasteiger partial charge in [0, 0.05) is 28.1 Å². The summed E-state index contributed by atoms with van der Waals surface area (Å²) in [5.74, 6) is 0.991. The Labute approximate surface area is 403 Å². The fraction of sp³-hybridized carbons (Fsp3) is 0.0781. The zero-order valence-electron chi connectivity index (χ0n) is 38.3. The van der Waals surface area contributed by atoms with Crippen LogP contribution in [0.5, 0.6) is 0 Å². The zero-order valence-corrected chi connectivity index (χ0v) is 38.3. The molecule has 0 bridgehead atoms. The number of hydrogen-bond acceptors (Lipinski definition) is 2. The highest BCUT2D eigenvalue weighted by atomic mass is 15.2. The third-order valence-corrected chi connectivity index (χ3v) is 14.1. The van der Waals surface area contributed by atoms with Crippen LogP contribution in [0.1, 0.15) is 69.2 Å². The number of fused-ring (bicyclic) bond motifs is 6. The molecule has 2 N–H and O–H groups in total. The predicted octanol–water partition coefficient (Wildman–Crippen LogP) is 14.5. The number of aliphatic imine (C=N–C) groups is 2. The van der Waals surface area contributed by atoms with Crippen LogP contribution in [0.2, 0.25) is 0 Å². The maximum atomic E-state index is 6.88.